The minimum atomic E-state index is -3.94. The number of imidazole rings is 1. The van der Waals surface area contributed by atoms with Gasteiger partial charge in [-0.3, -0.25) is 9.36 Å². The Bertz CT molecular complexity index is 1120. The van der Waals surface area contributed by atoms with Gasteiger partial charge in [0.15, 0.2) is 17.6 Å². The summed E-state index contributed by atoms with van der Waals surface area (Å²) in [7, 11) is -3.94. The van der Waals surface area contributed by atoms with Gasteiger partial charge < -0.3 is 29.0 Å². The maximum absolute atomic E-state index is 13.9. The lowest BCUT2D eigenvalue weighted by molar-refractivity contribution is -0.155. The van der Waals surface area contributed by atoms with Crippen molar-refractivity contribution in [2.24, 2.45) is 0 Å². The topological polar surface area (TPSA) is 170 Å². The molecule has 14 heteroatoms. The number of nitrogens with one attached hydrogen (secondary N) is 1. The number of nitrogens with two attached hydrogens (primary N) is 1. The molecular weight excluding hydrogens is 515 g/mol. The molecule has 0 aliphatic rings. The van der Waals surface area contributed by atoms with Crippen LogP contribution in [0.15, 0.2) is 12.7 Å². The Labute approximate surface area is 223 Å². The molecule has 2 heterocycles. The van der Waals surface area contributed by atoms with Crippen molar-refractivity contribution in [1.82, 2.24) is 24.6 Å². The van der Waals surface area contributed by atoms with E-state index >= 15 is 0 Å². The van der Waals surface area contributed by atoms with Crippen molar-refractivity contribution < 1.29 is 32.9 Å². The summed E-state index contributed by atoms with van der Waals surface area (Å²) in [5.74, 6) is -1.02. The molecule has 0 aliphatic carbocycles. The zero-order valence-electron chi connectivity index (χ0n) is 23.3. The Kier molecular flexibility index (Phi) is 11.6. The van der Waals surface area contributed by atoms with Gasteiger partial charge in [0.1, 0.15) is 23.7 Å². The van der Waals surface area contributed by atoms with E-state index in [1.165, 1.54) is 27.1 Å². The first kappa shape index (κ1) is 31.6. The SMILES string of the molecule is CCCCCOC(=O)C(C)(C)N[P@@](=O)(CO[C@H](C)Cn1cnc2c(N)ncnc21)O[C@@H](C)C(=O)OC(C)C. The van der Waals surface area contributed by atoms with E-state index < -0.39 is 43.6 Å². The Morgan fingerprint density at radius 2 is 1.87 bits per heavy atom. The molecule has 2 aromatic heterocycles. The molecule has 0 unspecified atom stereocenters. The van der Waals surface area contributed by atoms with E-state index in [4.69, 9.17) is 24.5 Å². The van der Waals surface area contributed by atoms with Gasteiger partial charge in [-0.2, -0.15) is 0 Å². The summed E-state index contributed by atoms with van der Waals surface area (Å²) < 4.78 is 37.8. The molecule has 0 radical (unpaired) electrons. The van der Waals surface area contributed by atoms with Crippen LogP contribution >= 0.6 is 7.52 Å². The fourth-order valence-electron chi connectivity index (χ4n) is 3.47. The van der Waals surface area contributed by atoms with Crippen LogP contribution in [0.2, 0.25) is 0 Å². The van der Waals surface area contributed by atoms with Gasteiger partial charge in [0.25, 0.3) is 7.52 Å². The molecule has 0 fully saturated rings. The zero-order valence-corrected chi connectivity index (χ0v) is 24.2. The van der Waals surface area contributed by atoms with Gasteiger partial charge in [-0.15, -0.1) is 0 Å². The van der Waals surface area contributed by atoms with Gasteiger partial charge >= 0.3 is 11.9 Å². The molecule has 0 amide bonds. The van der Waals surface area contributed by atoms with Crippen LogP contribution in [0.25, 0.3) is 11.2 Å². The van der Waals surface area contributed by atoms with E-state index in [2.05, 4.69) is 20.0 Å². The van der Waals surface area contributed by atoms with Crippen molar-refractivity contribution in [3.8, 4) is 0 Å². The third-order valence-corrected chi connectivity index (χ3v) is 7.41. The first-order valence-corrected chi connectivity index (χ1v) is 14.6. The molecule has 0 saturated carbocycles. The molecule has 0 aromatic carbocycles. The molecule has 13 nitrogen and oxygen atoms in total. The number of carbonyl (C=O) groups is 2. The lowest BCUT2D eigenvalue weighted by Gasteiger charge is -2.31. The van der Waals surface area contributed by atoms with Crippen LogP contribution in [0, 0.1) is 0 Å². The first-order valence-electron chi connectivity index (χ1n) is 12.8. The van der Waals surface area contributed by atoms with Crippen molar-refractivity contribution in [2.45, 2.75) is 98.1 Å². The number of hydrogen-bond acceptors (Lipinski definition) is 11. The van der Waals surface area contributed by atoms with Gasteiger partial charge in [0.2, 0.25) is 0 Å². The second-order valence-electron chi connectivity index (χ2n) is 9.92. The normalized spacial score (nSPS) is 15.3. The monoisotopic (exact) mass is 556 g/mol. The number of hydrogen-bond donors (Lipinski definition) is 2. The molecule has 0 bridgehead atoms. The van der Waals surface area contributed by atoms with E-state index in [9.17, 15) is 14.2 Å². The van der Waals surface area contributed by atoms with Crippen molar-refractivity contribution >= 4 is 36.4 Å². The summed E-state index contributed by atoms with van der Waals surface area (Å²) in [5.41, 5.74) is 5.46. The van der Waals surface area contributed by atoms with Crippen LogP contribution in [-0.4, -0.2) is 68.3 Å². The van der Waals surface area contributed by atoms with Crippen LogP contribution in [0.5, 0.6) is 0 Å². The standard InChI is InChI=1S/C24H41N6O7P/c1-8-9-10-11-34-23(32)24(6,7)29-38(33,37-18(5)22(31)36-16(2)3)15-35-17(4)12-30-14-28-19-20(25)26-13-27-21(19)30/h13-14,16-18H,8-12,15H2,1-7H3,(H,29,33)(H2,25,26,27)/t17-,18+,38-/m1/s1. The lowest BCUT2D eigenvalue weighted by Crippen LogP contribution is -2.47. The van der Waals surface area contributed by atoms with Gasteiger partial charge in [-0.1, -0.05) is 19.8 Å². The number of anilines is 1. The molecule has 2 rings (SSSR count). The predicted octanol–water partition coefficient (Wildman–Crippen LogP) is 3.42. The number of aromatic nitrogens is 4. The Morgan fingerprint density at radius 1 is 1.16 bits per heavy atom. The molecule has 2 aromatic rings. The quantitative estimate of drug-likeness (QED) is 0.176. The van der Waals surface area contributed by atoms with Crippen molar-refractivity contribution in [3.63, 3.8) is 0 Å². The minimum absolute atomic E-state index is 0.251. The van der Waals surface area contributed by atoms with E-state index in [1.54, 1.807) is 31.7 Å². The van der Waals surface area contributed by atoms with Gasteiger partial charge in [0, 0.05) is 0 Å². The summed E-state index contributed by atoms with van der Waals surface area (Å²) >= 11 is 0. The second-order valence-corrected chi connectivity index (χ2v) is 12.0. The van der Waals surface area contributed by atoms with Crippen molar-refractivity contribution in [2.75, 3.05) is 18.7 Å². The average Bonchev–Trinajstić information content (AvgIpc) is 3.23. The molecule has 214 valence electrons. The highest BCUT2D eigenvalue weighted by molar-refractivity contribution is 7.56. The van der Waals surface area contributed by atoms with Gasteiger partial charge in [-0.25, -0.2) is 24.8 Å². The van der Waals surface area contributed by atoms with Crippen LogP contribution in [-0.2, 0) is 39.4 Å². The summed E-state index contributed by atoms with van der Waals surface area (Å²) in [5, 5.41) is 2.77. The summed E-state index contributed by atoms with van der Waals surface area (Å²) in [6.07, 6.45) is 3.07. The molecule has 0 aliphatic heterocycles. The fraction of sp³-hybridized carbons (Fsp3) is 0.708. The first-order chi connectivity index (χ1) is 17.8. The highest BCUT2D eigenvalue weighted by atomic mass is 31.2. The number of carbonyl (C=O) groups excluding carboxylic acids is 2. The van der Waals surface area contributed by atoms with Crippen LogP contribution < -0.4 is 10.8 Å². The van der Waals surface area contributed by atoms with Gasteiger partial charge in [0.05, 0.1) is 31.7 Å². The minimum Gasteiger partial charge on any atom is -0.464 e. The zero-order chi connectivity index (χ0) is 28.5. The number of nitrogen functional groups attached to an aromatic ring is 1. The van der Waals surface area contributed by atoms with E-state index in [-0.39, 0.29) is 18.5 Å². The Balaban J connectivity index is 2.14. The average molecular weight is 557 g/mol. The molecule has 0 saturated heterocycles. The van der Waals surface area contributed by atoms with E-state index in [1.807, 2.05) is 6.92 Å². The number of nitrogens with zero attached hydrogens (tertiary/aromatic N) is 4. The number of esters is 2. The fourth-order valence-corrected chi connectivity index (χ4v) is 5.64. The third-order valence-electron chi connectivity index (χ3n) is 5.37. The Hall–Kier alpha value is -2.60. The number of rotatable bonds is 16. The largest absolute Gasteiger partial charge is 0.464 e. The molecule has 0 spiro atoms. The van der Waals surface area contributed by atoms with Gasteiger partial charge in [-0.05, 0) is 48.0 Å². The van der Waals surface area contributed by atoms with Crippen LogP contribution in [0.4, 0.5) is 5.82 Å². The highest BCUT2D eigenvalue weighted by Crippen LogP contribution is 2.46. The van der Waals surface area contributed by atoms with E-state index in [0.29, 0.717) is 17.7 Å². The maximum atomic E-state index is 13.9. The van der Waals surface area contributed by atoms with Crippen molar-refractivity contribution in [3.05, 3.63) is 12.7 Å². The molecule has 3 N–H and O–H groups in total. The summed E-state index contributed by atoms with van der Waals surface area (Å²) in [6.45, 7) is 12.3. The maximum Gasteiger partial charge on any atom is 0.335 e. The smallest absolute Gasteiger partial charge is 0.335 e. The molecule has 38 heavy (non-hydrogen) atoms. The van der Waals surface area contributed by atoms with Crippen LogP contribution in [0.3, 0.4) is 0 Å². The predicted molar refractivity (Wildman–Crippen MR) is 142 cm³/mol. The number of ether oxygens (including phenoxy) is 3. The molecular formula is C24H41N6O7P. The Morgan fingerprint density at radius 3 is 2.53 bits per heavy atom. The number of unbranched alkanes of at least 4 members (excludes halogenated alkanes) is 2. The summed E-state index contributed by atoms with van der Waals surface area (Å²) in [6, 6.07) is 0. The van der Waals surface area contributed by atoms with E-state index in [0.717, 1.165) is 19.3 Å². The lowest BCUT2D eigenvalue weighted by atomic mass is 10.1. The molecule has 3 atom stereocenters. The number of fused-ring (bicyclic) bond motifs is 1. The highest BCUT2D eigenvalue weighted by Gasteiger charge is 2.40. The second kappa shape index (κ2) is 14.0. The van der Waals surface area contributed by atoms with Crippen molar-refractivity contribution in [1.29, 1.82) is 0 Å². The third kappa shape index (κ3) is 9.30. The summed E-state index contributed by atoms with van der Waals surface area (Å²) in [4.78, 5) is 37.5. The van der Waals surface area contributed by atoms with Crippen LogP contribution in [0.1, 0.15) is 67.7 Å².